The number of carbonyl (C=O) groups is 2. The number of hydrogen-bond acceptors (Lipinski definition) is 4. The zero-order valence-corrected chi connectivity index (χ0v) is 16.1. The molecular weight excluding hydrogens is 416 g/mol. The fraction of sp³-hybridized carbons (Fsp3) is 0.143. The SMILES string of the molecule is CNC(=O)c1ccc(C(=O)N[C@@H](c2ccc(C(F)(F)F)cc2)c2ncccc2F)nc1. The Morgan fingerprint density at radius 2 is 1.68 bits per heavy atom. The molecule has 2 heterocycles. The van der Waals surface area contributed by atoms with Crippen LogP contribution in [0.3, 0.4) is 0 Å². The van der Waals surface area contributed by atoms with Gasteiger partial charge in [0.25, 0.3) is 11.8 Å². The smallest absolute Gasteiger partial charge is 0.355 e. The minimum atomic E-state index is -4.54. The van der Waals surface area contributed by atoms with Crippen molar-refractivity contribution >= 4 is 11.8 Å². The number of alkyl halides is 3. The Morgan fingerprint density at radius 3 is 2.23 bits per heavy atom. The molecule has 2 aromatic heterocycles. The van der Waals surface area contributed by atoms with Crippen LogP contribution < -0.4 is 10.6 Å². The van der Waals surface area contributed by atoms with Crippen LogP contribution in [0.4, 0.5) is 17.6 Å². The molecule has 0 saturated carbocycles. The number of amides is 2. The normalized spacial score (nSPS) is 12.2. The molecule has 31 heavy (non-hydrogen) atoms. The van der Waals surface area contributed by atoms with Crippen molar-refractivity contribution < 1.29 is 27.2 Å². The number of pyridine rings is 2. The first-order valence-corrected chi connectivity index (χ1v) is 8.97. The van der Waals surface area contributed by atoms with Crippen molar-refractivity contribution in [1.29, 1.82) is 0 Å². The summed E-state index contributed by atoms with van der Waals surface area (Å²) < 4.78 is 53.0. The first-order chi connectivity index (χ1) is 14.7. The van der Waals surface area contributed by atoms with Gasteiger partial charge in [-0.2, -0.15) is 13.2 Å². The molecule has 0 bridgehead atoms. The summed E-state index contributed by atoms with van der Waals surface area (Å²) >= 11 is 0. The molecule has 10 heteroatoms. The second kappa shape index (κ2) is 8.90. The number of nitrogens with zero attached hydrogens (tertiary/aromatic N) is 2. The van der Waals surface area contributed by atoms with E-state index in [1.165, 1.54) is 37.6 Å². The lowest BCUT2D eigenvalue weighted by Crippen LogP contribution is -2.31. The van der Waals surface area contributed by atoms with E-state index in [4.69, 9.17) is 0 Å². The first kappa shape index (κ1) is 21.9. The zero-order chi connectivity index (χ0) is 22.6. The predicted molar refractivity (Wildman–Crippen MR) is 103 cm³/mol. The average Bonchev–Trinajstić information content (AvgIpc) is 2.77. The third-order valence-corrected chi connectivity index (χ3v) is 4.39. The molecule has 6 nitrogen and oxygen atoms in total. The molecule has 0 radical (unpaired) electrons. The third-order valence-electron chi connectivity index (χ3n) is 4.39. The molecule has 0 aliphatic carbocycles. The summed E-state index contributed by atoms with van der Waals surface area (Å²) in [6, 6.07) is 7.96. The van der Waals surface area contributed by atoms with Gasteiger partial charge in [0.05, 0.1) is 17.2 Å². The minimum absolute atomic E-state index is 0.0686. The Morgan fingerprint density at radius 1 is 0.968 bits per heavy atom. The van der Waals surface area contributed by atoms with Crippen molar-refractivity contribution in [1.82, 2.24) is 20.6 Å². The van der Waals surface area contributed by atoms with Crippen LogP contribution in [0.5, 0.6) is 0 Å². The third kappa shape index (κ3) is 5.03. The van der Waals surface area contributed by atoms with Gasteiger partial charge >= 0.3 is 6.18 Å². The summed E-state index contributed by atoms with van der Waals surface area (Å²) in [5.74, 6) is -1.85. The number of halogens is 4. The van der Waals surface area contributed by atoms with Gasteiger partial charge in [-0.05, 0) is 42.0 Å². The highest BCUT2D eigenvalue weighted by Crippen LogP contribution is 2.31. The van der Waals surface area contributed by atoms with E-state index in [9.17, 15) is 27.2 Å². The minimum Gasteiger partial charge on any atom is -0.355 e. The van der Waals surface area contributed by atoms with Crippen LogP contribution in [0.15, 0.2) is 60.9 Å². The predicted octanol–water partition coefficient (Wildman–Crippen LogP) is 3.51. The van der Waals surface area contributed by atoms with Gasteiger partial charge in [0.2, 0.25) is 0 Å². The van der Waals surface area contributed by atoms with Gasteiger partial charge in [-0.15, -0.1) is 0 Å². The molecule has 2 N–H and O–H groups in total. The fourth-order valence-corrected chi connectivity index (χ4v) is 2.80. The fourth-order valence-electron chi connectivity index (χ4n) is 2.80. The van der Waals surface area contributed by atoms with E-state index in [1.54, 1.807) is 0 Å². The summed E-state index contributed by atoms with van der Waals surface area (Å²) in [6.07, 6.45) is -2.04. The molecular formula is C21H16F4N4O2. The van der Waals surface area contributed by atoms with Crippen LogP contribution >= 0.6 is 0 Å². The van der Waals surface area contributed by atoms with Crippen LogP contribution in [-0.4, -0.2) is 28.8 Å². The van der Waals surface area contributed by atoms with Crippen LogP contribution in [0.25, 0.3) is 0 Å². The highest BCUT2D eigenvalue weighted by molar-refractivity contribution is 5.96. The highest BCUT2D eigenvalue weighted by Gasteiger charge is 2.31. The number of carbonyl (C=O) groups excluding carboxylic acids is 2. The van der Waals surface area contributed by atoms with Gasteiger partial charge in [0.1, 0.15) is 17.2 Å². The summed E-state index contributed by atoms with van der Waals surface area (Å²) in [6.45, 7) is 0. The van der Waals surface area contributed by atoms with Crippen molar-refractivity contribution in [3.8, 4) is 0 Å². The Labute approximate surface area is 174 Å². The number of hydrogen-bond donors (Lipinski definition) is 2. The van der Waals surface area contributed by atoms with E-state index in [2.05, 4.69) is 20.6 Å². The van der Waals surface area contributed by atoms with E-state index in [0.717, 1.165) is 30.3 Å². The van der Waals surface area contributed by atoms with E-state index >= 15 is 0 Å². The Balaban J connectivity index is 1.93. The highest BCUT2D eigenvalue weighted by atomic mass is 19.4. The lowest BCUT2D eigenvalue weighted by atomic mass is 10.0. The average molecular weight is 432 g/mol. The quantitative estimate of drug-likeness (QED) is 0.605. The molecule has 3 aromatic rings. The number of aromatic nitrogens is 2. The second-order valence-corrected chi connectivity index (χ2v) is 6.41. The van der Waals surface area contributed by atoms with Gasteiger partial charge in [0, 0.05) is 19.4 Å². The largest absolute Gasteiger partial charge is 0.416 e. The van der Waals surface area contributed by atoms with Crippen LogP contribution in [0.2, 0.25) is 0 Å². The van der Waals surface area contributed by atoms with Gasteiger partial charge < -0.3 is 10.6 Å². The van der Waals surface area contributed by atoms with Crippen molar-refractivity contribution in [2.75, 3.05) is 7.05 Å². The topological polar surface area (TPSA) is 84.0 Å². The van der Waals surface area contributed by atoms with Gasteiger partial charge in [-0.1, -0.05) is 12.1 Å². The summed E-state index contributed by atoms with van der Waals surface area (Å²) in [4.78, 5) is 32.1. The molecule has 0 unspecified atom stereocenters. The Hall–Kier alpha value is -3.82. The molecule has 2 amide bonds. The number of nitrogens with one attached hydrogen (secondary N) is 2. The molecule has 1 atom stereocenters. The monoisotopic (exact) mass is 432 g/mol. The second-order valence-electron chi connectivity index (χ2n) is 6.41. The molecule has 1 aromatic carbocycles. The molecule has 0 aliphatic rings. The number of rotatable bonds is 5. The van der Waals surface area contributed by atoms with Crippen molar-refractivity contribution in [3.63, 3.8) is 0 Å². The molecule has 0 aliphatic heterocycles. The molecule has 0 spiro atoms. The maximum atomic E-state index is 14.4. The van der Waals surface area contributed by atoms with Crippen molar-refractivity contribution in [2.45, 2.75) is 12.2 Å². The van der Waals surface area contributed by atoms with Crippen LogP contribution in [0.1, 0.15) is 43.7 Å². The van der Waals surface area contributed by atoms with E-state index in [0.29, 0.717) is 0 Å². The van der Waals surface area contributed by atoms with Gasteiger partial charge in [-0.25, -0.2) is 4.39 Å². The lowest BCUT2D eigenvalue weighted by Gasteiger charge is -2.20. The van der Waals surface area contributed by atoms with E-state index in [1.807, 2.05) is 0 Å². The number of benzene rings is 1. The molecule has 160 valence electrons. The first-order valence-electron chi connectivity index (χ1n) is 8.97. The Kier molecular flexibility index (Phi) is 6.28. The van der Waals surface area contributed by atoms with Gasteiger partial charge in [-0.3, -0.25) is 19.6 Å². The zero-order valence-electron chi connectivity index (χ0n) is 16.1. The van der Waals surface area contributed by atoms with Gasteiger partial charge in [0.15, 0.2) is 0 Å². The molecule has 3 rings (SSSR count). The standard InChI is InChI=1S/C21H16F4N4O2/c1-26-19(30)13-6-9-16(28-11-13)20(31)29-17(18-15(22)3-2-10-27-18)12-4-7-14(8-5-12)21(23,24)25/h2-11,17H,1H3,(H,26,30)(H,29,31)/t17-/m0/s1. The lowest BCUT2D eigenvalue weighted by molar-refractivity contribution is -0.137. The summed E-state index contributed by atoms with van der Waals surface area (Å²) in [7, 11) is 1.44. The van der Waals surface area contributed by atoms with E-state index in [-0.39, 0.29) is 22.5 Å². The molecule has 0 saturated heterocycles. The van der Waals surface area contributed by atoms with Crippen LogP contribution in [0, 0.1) is 5.82 Å². The van der Waals surface area contributed by atoms with E-state index < -0.39 is 35.4 Å². The maximum absolute atomic E-state index is 14.4. The molecule has 0 fully saturated rings. The van der Waals surface area contributed by atoms with Crippen molar-refractivity contribution in [3.05, 3.63) is 94.8 Å². The summed E-state index contributed by atoms with van der Waals surface area (Å²) in [5.41, 5.74) is -0.692. The Bertz CT molecular complexity index is 1080. The summed E-state index contributed by atoms with van der Waals surface area (Å²) in [5, 5.41) is 4.96. The van der Waals surface area contributed by atoms with Crippen molar-refractivity contribution in [2.24, 2.45) is 0 Å². The van der Waals surface area contributed by atoms with Crippen LogP contribution in [-0.2, 0) is 6.18 Å². The maximum Gasteiger partial charge on any atom is 0.416 e.